The van der Waals surface area contributed by atoms with Crippen molar-refractivity contribution in [1.29, 1.82) is 0 Å². The standard InChI is InChI=1S/C34H42/c1-3-4-6-9-28-12-14-29(15-13-28)16-17-30-18-22-33(23-19-30)34-24-20-31(21-25-34)26-27(2)32-10-7-5-8-11-32/h3-5,7-8,10-11,18-25,27-29H,6,9,12-17,26H2,1-2H3/b4-3+. The van der Waals surface area contributed by atoms with E-state index in [0.717, 1.165) is 18.3 Å². The highest BCUT2D eigenvalue weighted by molar-refractivity contribution is 5.64. The second-order valence-corrected chi connectivity index (χ2v) is 10.5. The molecule has 0 aliphatic heterocycles. The molecule has 0 heteroatoms. The molecule has 0 radical (unpaired) electrons. The van der Waals surface area contributed by atoms with Gasteiger partial charge in [-0.05, 0) is 84.6 Å². The number of aryl methyl sites for hydroxylation is 1. The minimum atomic E-state index is 0.541. The molecule has 1 aliphatic rings. The molecule has 0 spiro atoms. The molecule has 3 aromatic rings. The third-order valence-corrected chi connectivity index (χ3v) is 7.94. The Kier molecular flexibility index (Phi) is 9.19. The predicted octanol–water partition coefficient (Wildman–Crippen LogP) is 9.80. The van der Waals surface area contributed by atoms with E-state index in [2.05, 4.69) is 105 Å². The fourth-order valence-electron chi connectivity index (χ4n) is 5.63. The zero-order chi connectivity index (χ0) is 23.6. The van der Waals surface area contributed by atoms with Gasteiger partial charge in [0.15, 0.2) is 0 Å². The van der Waals surface area contributed by atoms with E-state index in [0.29, 0.717) is 5.92 Å². The minimum Gasteiger partial charge on any atom is -0.0917 e. The molecule has 4 rings (SSSR count). The molecule has 0 saturated heterocycles. The number of allylic oxidation sites excluding steroid dienone is 2. The van der Waals surface area contributed by atoms with Gasteiger partial charge in [-0.2, -0.15) is 0 Å². The predicted molar refractivity (Wildman–Crippen MR) is 148 cm³/mol. The van der Waals surface area contributed by atoms with Gasteiger partial charge >= 0.3 is 0 Å². The maximum Gasteiger partial charge on any atom is -0.0150 e. The lowest BCUT2D eigenvalue weighted by Gasteiger charge is -2.28. The average molecular weight is 451 g/mol. The first-order valence-electron chi connectivity index (χ1n) is 13.6. The Labute approximate surface area is 208 Å². The first-order chi connectivity index (χ1) is 16.7. The molecule has 1 atom stereocenters. The van der Waals surface area contributed by atoms with Crippen molar-refractivity contribution >= 4 is 0 Å². The highest BCUT2D eigenvalue weighted by atomic mass is 14.3. The topological polar surface area (TPSA) is 0 Å². The third kappa shape index (κ3) is 7.20. The van der Waals surface area contributed by atoms with Crippen LogP contribution >= 0.6 is 0 Å². The Hall–Kier alpha value is -2.60. The number of rotatable bonds is 10. The summed E-state index contributed by atoms with van der Waals surface area (Å²) in [4.78, 5) is 0. The number of hydrogen-bond acceptors (Lipinski definition) is 0. The maximum atomic E-state index is 2.35. The molecule has 0 N–H and O–H groups in total. The van der Waals surface area contributed by atoms with Crippen LogP contribution in [0.15, 0.2) is 91.0 Å². The maximum absolute atomic E-state index is 2.35. The van der Waals surface area contributed by atoms with Crippen LogP contribution in [-0.2, 0) is 12.8 Å². The molecule has 0 aromatic heterocycles. The van der Waals surface area contributed by atoms with E-state index in [9.17, 15) is 0 Å². The van der Waals surface area contributed by atoms with Crippen LogP contribution in [0.3, 0.4) is 0 Å². The number of hydrogen-bond donors (Lipinski definition) is 0. The highest BCUT2D eigenvalue weighted by Crippen LogP contribution is 2.34. The molecule has 1 aliphatic carbocycles. The van der Waals surface area contributed by atoms with Crippen molar-refractivity contribution in [3.63, 3.8) is 0 Å². The summed E-state index contributed by atoms with van der Waals surface area (Å²) in [6, 6.07) is 29.3. The van der Waals surface area contributed by atoms with Crippen molar-refractivity contribution in [3.05, 3.63) is 108 Å². The molecular weight excluding hydrogens is 408 g/mol. The van der Waals surface area contributed by atoms with E-state index < -0.39 is 0 Å². The molecule has 0 nitrogen and oxygen atoms in total. The van der Waals surface area contributed by atoms with Gasteiger partial charge in [-0.15, -0.1) is 0 Å². The van der Waals surface area contributed by atoms with Crippen molar-refractivity contribution in [2.45, 2.75) is 77.6 Å². The summed E-state index contributed by atoms with van der Waals surface area (Å²) < 4.78 is 0. The van der Waals surface area contributed by atoms with Crippen molar-refractivity contribution in [2.24, 2.45) is 11.8 Å². The fourth-order valence-corrected chi connectivity index (χ4v) is 5.63. The van der Waals surface area contributed by atoms with Gasteiger partial charge in [-0.1, -0.05) is 124 Å². The van der Waals surface area contributed by atoms with Gasteiger partial charge in [-0.3, -0.25) is 0 Å². The fraction of sp³-hybridized carbons (Fsp3) is 0.412. The van der Waals surface area contributed by atoms with Gasteiger partial charge in [0.2, 0.25) is 0 Å². The van der Waals surface area contributed by atoms with E-state index in [1.165, 1.54) is 79.2 Å². The second kappa shape index (κ2) is 12.7. The smallest absolute Gasteiger partial charge is 0.0150 e. The van der Waals surface area contributed by atoms with Crippen LogP contribution in [0.25, 0.3) is 11.1 Å². The molecule has 3 aromatic carbocycles. The van der Waals surface area contributed by atoms with E-state index in [4.69, 9.17) is 0 Å². The van der Waals surface area contributed by atoms with E-state index in [1.807, 2.05) is 0 Å². The third-order valence-electron chi connectivity index (χ3n) is 7.94. The molecular formula is C34H42. The monoisotopic (exact) mass is 450 g/mol. The number of benzene rings is 3. The summed E-state index contributed by atoms with van der Waals surface area (Å²) in [5, 5.41) is 0. The zero-order valence-electron chi connectivity index (χ0n) is 21.3. The van der Waals surface area contributed by atoms with Gasteiger partial charge in [0.1, 0.15) is 0 Å². The van der Waals surface area contributed by atoms with E-state index in [1.54, 1.807) is 0 Å². The lowest BCUT2D eigenvalue weighted by atomic mass is 9.78. The Morgan fingerprint density at radius 2 is 1.26 bits per heavy atom. The Balaban J connectivity index is 1.23. The normalized spacial score (nSPS) is 19.4. The lowest BCUT2D eigenvalue weighted by Crippen LogP contribution is -2.15. The summed E-state index contributed by atoms with van der Waals surface area (Å²) in [6.07, 6.45) is 16.6. The van der Waals surface area contributed by atoms with Gasteiger partial charge in [0.25, 0.3) is 0 Å². The molecule has 178 valence electrons. The molecule has 1 saturated carbocycles. The lowest BCUT2D eigenvalue weighted by molar-refractivity contribution is 0.254. The van der Waals surface area contributed by atoms with Gasteiger partial charge < -0.3 is 0 Å². The van der Waals surface area contributed by atoms with Crippen LogP contribution in [-0.4, -0.2) is 0 Å². The quantitative estimate of drug-likeness (QED) is 0.270. The Morgan fingerprint density at radius 1 is 0.706 bits per heavy atom. The highest BCUT2D eigenvalue weighted by Gasteiger charge is 2.20. The molecule has 34 heavy (non-hydrogen) atoms. The zero-order valence-corrected chi connectivity index (χ0v) is 21.3. The van der Waals surface area contributed by atoms with Gasteiger partial charge in [0, 0.05) is 0 Å². The Morgan fingerprint density at radius 3 is 1.85 bits per heavy atom. The second-order valence-electron chi connectivity index (χ2n) is 10.5. The summed E-state index contributed by atoms with van der Waals surface area (Å²) in [7, 11) is 0. The SMILES string of the molecule is C/C=C/CCC1CCC(CCc2ccc(-c3ccc(CC(C)c4ccccc4)cc3)cc2)CC1. The van der Waals surface area contributed by atoms with Gasteiger partial charge in [0.05, 0.1) is 0 Å². The summed E-state index contributed by atoms with van der Waals surface area (Å²) in [6.45, 7) is 4.45. The van der Waals surface area contributed by atoms with Crippen LogP contribution in [0.1, 0.15) is 81.4 Å². The van der Waals surface area contributed by atoms with Crippen LogP contribution in [0.5, 0.6) is 0 Å². The van der Waals surface area contributed by atoms with Crippen LogP contribution in [0, 0.1) is 11.8 Å². The first-order valence-corrected chi connectivity index (χ1v) is 13.6. The first kappa shape index (κ1) is 24.5. The van der Waals surface area contributed by atoms with Gasteiger partial charge in [-0.25, -0.2) is 0 Å². The average Bonchev–Trinajstić information content (AvgIpc) is 2.90. The Bertz CT molecular complexity index is 986. The van der Waals surface area contributed by atoms with Crippen molar-refractivity contribution in [1.82, 2.24) is 0 Å². The van der Waals surface area contributed by atoms with E-state index in [-0.39, 0.29) is 0 Å². The minimum absolute atomic E-state index is 0.541. The summed E-state index contributed by atoms with van der Waals surface area (Å²) >= 11 is 0. The van der Waals surface area contributed by atoms with Crippen molar-refractivity contribution in [3.8, 4) is 11.1 Å². The molecule has 0 amide bonds. The summed E-state index contributed by atoms with van der Waals surface area (Å²) in [5.74, 6) is 2.45. The van der Waals surface area contributed by atoms with E-state index >= 15 is 0 Å². The molecule has 0 bridgehead atoms. The largest absolute Gasteiger partial charge is 0.0917 e. The van der Waals surface area contributed by atoms with Crippen LogP contribution in [0.4, 0.5) is 0 Å². The molecule has 0 heterocycles. The van der Waals surface area contributed by atoms with Crippen molar-refractivity contribution in [2.75, 3.05) is 0 Å². The molecule has 1 unspecified atom stereocenters. The van der Waals surface area contributed by atoms with Crippen LogP contribution in [0.2, 0.25) is 0 Å². The van der Waals surface area contributed by atoms with Crippen LogP contribution < -0.4 is 0 Å². The summed E-state index contributed by atoms with van der Waals surface area (Å²) in [5.41, 5.74) is 6.96. The molecule has 1 fully saturated rings. The van der Waals surface area contributed by atoms with Crippen molar-refractivity contribution < 1.29 is 0 Å².